The number of carboxylic acid groups (broad SMARTS) is 1. The van der Waals surface area contributed by atoms with Crippen LogP contribution in [0.25, 0.3) is 0 Å². The van der Waals surface area contributed by atoms with E-state index < -0.39 is 5.97 Å². The van der Waals surface area contributed by atoms with Crippen molar-refractivity contribution < 1.29 is 19.4 Å². The van der Waals surface area contributed by atoms with Crippen LogP contribution in [-0.2, 0) is 9.53 Å². The van der Waals surface area contributed by atoms with Crippen molar-refractivity contribution in [3.05, 3.63) is 59.7 Å². The number of likely N-dealkylation sites (N-methyl/N-ethyl adjacent to an activating group) is 1. The highest BCUT2D eigenvalue weighted by Gasteiger charge is 2.27. The van der Waals surface area contributed by atoms with Gasteiger partial charge in [0.1, 0.15) is 0 Å². The SMILES string of the molecule is CN1CCN(CC(=O)Nc2ccc(N3CCOCC3)cc2)CC1c1cccc(C(=O)O)c1. The third-order valence-corrected chi connectivity index (χ3v) is 6.14. The maximum atomic E-state index is 12.7. The van der Waals surface area contributed by atoms with Crippen molar-refractivity contribution in [2.75, 3.05) is 69.7 Å². The van der Waals surface area contributed by atoms with Gasteiger partial charge in [-0.25, -0.2) is 4.79 Å². The van der Waals surface area contributed by atoms with Crippen molar-refractivity contribution in [3.63, 3.8) is 0 Å². The molecule has 8 heteroatoms. The fourth-order valence-corrected chi connectivity index (χ4v) is 4.29. The summed E-state index contributed by atoms with van der Waals surface area (Å²) in [5, 5.41) is 12.3. The van der Waals surface area contributed by atoms with Crippen LogP contribution in [0, 0.1) is 0 Å². The second-order valence-electron chi connectivity index (χ2n) is 8.36. The van der Waals surface area contributed by atoms with Gasteiger partial charge < -0.3 is 20.1 Å². The molecule has 0 bridgehead atoms. The van der Waals surface area contributed by atoms with Crippen LogP contribution < -0.4 is 10.2 Å². The molecule has 0 aliphatic carbocycles. The lowest BCUT2D eigenvalue weighted by Gasteiger charge is -2.39. The number of rotatable bonds is 6. The number of nitrogens with zero attached hydrogens (tertiary/aromatic N) is 3. The summed E-state index contributed by atoms with van der Waals surface area (Å²) in [5.74, 6) is -0.979. The highest BCUT2D eigenvalue weighted by molar-refractivity contribution is 5.92. The lowest BCUT2D eigenvalue weighted by Crippen LogP contribution is -2.48. The van der Waals surface area contributed by atoms with Gasteiger partial charge in [0.25, 0.3) is 0 Å². The van der Waals surface area contributed by atoms with Crippen LogP contribution in [0.4, 0.5) is 11.4 Å². The van der Waals surface area contributed by atoms with Crippen LogP contribution in [0.3, 0.4) is 0 Å². The molecular weight excluding hydrogens is 408 g/mol. The van der Waals surface area contributed by atoms with Crippen LogP contribution >= 0.6 is 0 Å². The Bertz CT molecular complexity index is 943. The van der Waals surface area contributed by atoms with Crippen LogP contribution in [0.15, 0.2) is 48.5 Å². The third kappa shape index (κ3) is 5.45. The summed E-state index contributed by atoms with van der Waals surface area (Å²) < 4.78 is 5.40. The van der Waals surface area contributed by atoms with Gasteiger partial charge in [-0.1, -0.05) is 12.1 Å². The summed E-state index contributed by atoms with van der Waals surface area (Å²) in [6.07, 6.45) is 0. The first-order valence-electron chi connectivity index (χ1n) is 11.0. The number of carbonyl (C=O) groups excluding carboxylic acids is 1. The Balaban J connectivity index is 1.34. The molecule has 1 unspecified atom stereocenters. The molecular formula is C24H30N4O4. The lowest BCUT2D eigenvalue weighted by molar-refractivity contribution is -0.118. The number of benzene rings is 2. The molecule has 170 valence electrons. The van der Waals surface area contributed by atoms with Gasteiger partial charge in [-0.05, 0) is 49.0 Å². The topological polar surface area (TPSA) is 85.4 Å². The molecule has 0 spiro atoms. The number of nitrogens with one attached hydrogen (secondary N) is 1. The summed E-state index contributed by atoms with van der Waals surface area (Å²) in [6.45, 7) is 5.81. The third-order valence-electron chi connectivity index (χ3n) is 6.14. The fraction of sp³-hybridized carbons (Fsp3) is 0.417. The molecule has 0 radical (unpaired) electrons. The largest absolute Gasteiger partial charge is 0.478 e. The minimum Gasteiger partial charge on any atom is -0.478 e. The second kappa shape index (κ2) is 10.1. The van der Waals surface area contributed by atoms with E-state index in [0.717, 1.165) is 56.3 Å². The van der Waals surface area contributed by atoms with Crippen LogP contribution in [0.2, 0.25) is 0 Å². The average Bonchev–Trinajstić information content (AvgIpc) is 2.81. The molecule has 8 nitrogen and oxygen atoms in total. The van der Waals surface area contributed by atoms with Crippen molar-refractivity contribution in [1.82, 2.24) is 9.80 Å². The molecule has 4 rings (SSSR count). The normalized spacial score (nSPS) is 20.2. The highest BCUT2D eigenvalue weighted by Crippen LogP contribution is 2.25. The number of hydrogen-bond acceptors (Lipinski definition) is 6. The zero-order chi connectivity index (χ0) is 22.5. The van der Waals surface area contributed by atoms with E-state index >= 15 is 0 Å². The Morgan fingerprint density at radius 2 is 1.81 bits per heavy atom. The van der Waals surface area contributed by atoms with E-state index in [2.05, 4.69) is 20.0 Å². The Kier molecular flexibility index (Phi) is 7.04. The van der Waals surface area contributed by atoms with E-state index in [-0.39, 0.29) is 17.5 Å². The van der Waals surface area contributed by atoms with Gasteiger partial charge in [0.2, 0.25) is 5.91 Å². The van der Waals surface area contributed by atoms with Gasteiger partial charge in [0.15, 0.2) is 0 Å². The number of ether oxygens (including phenoxy) is 1. The van der Waals surface area contributed by atoms with E-state index in [1.54, 1.807) is 18.2 Å². The number of piperazine rings is 1. The molecule has 32 heavy (non-hydrogen) atoms. The van der Waals surface area contributed by atoms with Crippen molar-refractivity contribution in [3.8, 4) is 0 Å². The molecule has 2 saturated heterocycles. The molecule has 2 fully saturated rings. The molecule has 2 aromatic rings. The molecule has 0 saturated carbocycles. The van der Waals surface area contributed by atoms with Crippen LogP contribution in [-0.4, -0.2) is 86.3 Å². The number of carbonyl (C=O) groups is 2. The molecule has 2 N–H and O–H groups in total. The minimum absolute atomic E-state index is 0.0451. The summed E-state index contributed by atoms with van der Waals surface area (Å²) >= 11 is 0. The number of carboxylic acids is 1. The lowest BCUT2D eigenvalue weighted by atomic mass is 10.0. The minimum atomic E-state index is -0.929. The van der Waals surface area contributed by atoms with E-state index in [9.17, 15) is 14.7 Å². The molecule has 0 aromatic heterocycles. The number of amides is 1. The Hall–Kier alpha value is -2.94. The van der Waals surface area contributed by atoms with E-state index in [4.69, 9.17) is 4.74 Å². The second-order valence-corrected chi connectivity index (χ2v) is 8.36. The van der Waals surface area contributed by atoms with Gasteiger partial charge in [-0.3, -0.25) is 14.6 Å². The summed E-state index contributed by atoms with van der Waals surface area (Å²) in [7, 11) is 2.03. The maximum Gasteiger partial charge on any atom is 0.335 e. The number of hydrogen-bond donors (Lipinski definition) is 2. The van der Waals surface area contributed by atoms with Gasteiger partial charge in [-0.2, -0.15) is 0 Å². The molecule has 1 atom stereocenters. The number of aromatic carboxylic acids is 1. The van der Waals surface area contributed by atoms with E-state index in [1.165, 1.54) is 0 Å². The number of anilines is 2. The predicted octanol–water partition coefficient (Wildman–Crippen LogP) is 2.15. The quantitative estimate of drug-likeness (QED) is 0.715. The standard InChI is InChI=1S/C24H30N4O4/c1-26-9-10-27(16-22(26)18-3-2-4-19(15-18)24(30)31)17-23(29)25-20-5-7-21(8-6-20)28-11-13-32-14-12-28/h2-8,15,22H,9-14,16-17H2,1H3,(H,25,29)(H,30,31). The summed E-state index contributed by atoms with van der Waals surface area (Å²) in [6, 6.07) is 15.0. The Labute approximate surface area is 188 Å². The zero-order valence-electron chi connectivity index (χ0n) is 18.4. The van der Waals surface area contributed by atoms with E-state index in [0.29, 0.717) is 13.1 Å². The Morgan fingerprint density at radius 1 is 1.06 bits per heavy atom. The monoisotopic (exact) mass is 438 g/mol. The van der Waals surface area contributed by atoms with E-state index in [1.807, 2.05) is 37.4 Å². The Morgan fingerprint density at radius 3 is 2.53 bits per heavy atom. The van der Waals surface area contributed by atoms with Crippen LogP contribution in [0.5, 0.6) is 0 Å². The first-order chi connectivity index (χ1) is 15.5. The first-order valence-corrected chi connectivity index (χ1v) is 11.0. The highest BCUT2D eigenvalue weighted by atomic mass is 16.5. The maximum absolute atomic E-state index is 12.7. The van der Waals surface area contributed by atoms with Gasteiger partial charge in [0, 0.05) is 50.1 Å². The summed E-state index contributed by atoms with van der Waals surface area (Å²) in [4.78, 5) is 30.6. The van der Waals surface area contributed by atoms with Crippen molar-refractivity contribution >= 4 is 23.3 Å². The van der Waals surface area contributed by atoms with Crippen molar-refractivity contribution in [2.45, 2.75) is 6.04 Å². The molecule has 2 heterocycles. The predicted molar refractivity (Wildman–Crippen MR) is 123 cm³/mol. The van der Waals surface area contributed by atoms with Gasteiger partial charge in [-0.15, -0.1) is 0 Å². The molecule has 2 aromatic carbocycles. The van der Waals surface area contributed by atoms with Crippen molar-refractivity contribution in [1.29, 1.82) is 0 Å². The van der Waals surface area contributed by atoms with Gasteiger partial charge >= 0.3 is 5.97 Å². The summed E-state index contributed by atoms with van der Waals surface area (Å²) in [5.41, 5.74) is 3.16. The smallest absolute Gasteiger partial charge is 0.335 e. The average molecular weight is 439 g/mol. The number of morpholine rings is 1. The first kappa shape index (κ1) is 22.3. The van der Waals surface area contributed by atoms with Gasteiger partial charge in [0.05, 0.1) is 25.3 Å². The van der Waals surface area contributed by atoms with Crippen molar-refractivity contribution in [2.24, 2.45) is 0 Å². The molecule has 2 aliphatic rings. The molecule has 1 amide bonds. The molecule has 2 aliphatic heterocycles. The van der Waals surface area contributed by atoms with Crippen LogP contribution in [0.1, 0.15) is 22.0 Å². The fourth-order valence-electron chi connectivity index (χ4n) is 4.29. The zero-order valence-corrected chi connectivity index (χ0v) is 18.4.